The molecule has 1 aromatic heterocycles. The van der Waals surface area contributed by atoms with Crippen LogP contribution in [-0.2, 0) is 14.3 Å². The smallest absolute Gasteiger partial charge is 0.309 e. The zero-order chi connectivity index (χ0) is 18.4. The summed E-state index contributed by atoms with van der Waals surface area (Å²) < 4.78 is 6.04. The number of para-hydroxylation sites is 1. The van der Waals surface area contributed by atoms with Gasteiger partial charge in [-0.05, 0) is 30.9 Å². The minimum Gasteiger partial charge on any atom is -0.383 e. The van der Waals surface area contributed by atoms with E-state index in [1.54, 1.807) is 18.4 Å². The average molecular weight is 376 g/mol. The second-order valence-corrected chi connectivity index (χ2v) is 7.36. The maximum absolute atomic E-state index is 11.8. The molecule has 1 aliphatic rings. The fourth-order valence-electron chi connectivity index (χ4n) is 2.99. The van der Waals surface area contributed by atoms with Gasteiger partial charge in [-0.25, -0.2) is 4.98 Å². The van der Waals surface area contributed by atoms with Gasteiger partial charge < -0.3 is 20.3 Å². The molecule has 26 heavy (non-hydrogen) atoms. The van der Waals surface area contributed by atoms with Crippen LogP contribution < -0.4 is 15.5 Å². The number of benzene rings is 1. The highest BCUT2D eigenvalue weighted by atomic mass is 32.1. The number of amides is 2. The molecule has 3 rings (SSSR count). The fraction of sp³-hybridized carbons (Fsp3) is 0.500. The summed E-state index contributed by atoms with van der Waals surface area (Å²) in [5.41, 5.74) is 1.04. The molecule has 0 unspecified atom stereocenters. The van der Waals surface area contributed by atoms with Gasteiger partial charge in [-0.3, -0.25) is 9.59 Å². The number of fused-ring (bicyclic) bond motifs is 1. The van der Waals surface area contributed by atoms with Gasteiger partial charge in [0.1, 0.15) is 0 Å². The number of ether oxygens (including phenoxy) is 1. The third kappa shape index (κ3) is 4.70. The highest BCUT2D eigenvalue weighted by Gasteiger charge is 2.23. The van der Waals surface area contributed by atoms with Crippen LogP contribution in [0.1, 0.15) is 12.8 Å². The van der Waals surface area contributed by atoms with E-state index in [1.165, 1.54) is 4.70 Å². The molecule has 0 radical (unpaired) electrons. The van der Waals surface area contributed by atoms with Gasteiger partial charge in [0.05, 0.1) is 16.8 Å². The van der Waals surface area contributed by atoms with Crippen LogP contribution in [0.2, 0.25) is 0 Å². The quantitative estimate of drug-likeness (QED) is 0.588. The van der Waals surface area contributed by atoms with Crippen molar-refractivity contribution in [2.45, 2.75) is 12.8 Å². The van der Waals surface area contributed by atoms with E-state index in [0.29, 0.717) is 25.6 Å². The number of carbonyl (C=O) groups excluding carboxylic acids is 2. The van der Waals surface area contributed by atoms with Gasteiger partial charge in [-0.1, -0.05) is 23.5 Å². The molecule has 1 saturated heterocycles. The Labute approximate surface area is 156 Å². The predicted molar refractivity (Wildman–Crippen MR) is 102 cm³/mol. The molecular formula is C18H24N4O3S. The minimum absolute atomic E-state index is 0.337. The van der Waals surface area contributed by atoms with E-state index in [2.05, 4.69) is 21.6 Å². The molecule has 140 valence electrons. The van der Waals surface area contributed by atoms with Gasteiger partial charge in [0.15, 0.2) is 5.13 Å². The number of methoxy groups -OCH3 is 1. The topological polar surface area (TPSA) is 83.6 Å². The first-order chi connectivity index (χ1) is 12.7. The highest BCUT2D eigenvalue weighted by Crippen LogP contribution is 2.31. The molecule has 0 spiro atoms. The summed E-state index contributed by atoms with van der Waals surface area (Å²) >= 11 is 1.72. The van der Waals surface area contributed by atoms with Crippen molar-refractivity contribution in [3.63, 3.8) is 0 Å². The first kappa shape index (κ1) is 18.6. The number of carbonyl (C=O) groups is 2. The number of hydrogen-bond donors (Lipinski definition) is 2. The lowest BCUT2D eigenvalue weighted by Crippen LogP contribution is -2.44. The number of rotatable bonds is 6. The third-order valence-electron chi connectivity index (χ3n) is 4.52. The Morgan fingerprint density at radius 2 is 1.96 bits per heavy atom. The van der Waals surface area contributed by atoms with Gasteiger partial charge in [0.2, 0.25) is 0 Å². The Morgan fingerprint density at radius 3 is 2.69 bits per heavy atom. The molecule has 0 aliphatic carbocycles. The summed E-state index contributed by atoms with van der Waals surface area (Å²) in [6.07, 6.45) is 1.95. The number of thiazole rings is 1. The molecule has 1 aliphatic heterocycles. The van der Waals surface area contributed by atoms with E-state index in [0.717, 1.165) is 36.6 Å². The normalized spacial score (nSPS) is 15.2. The zero-order valence-corrected chi connectivity index (χ0v) is 15.7. The van der Waals surface area contributed by atoms with Crippen LogP contribution >= 0.6 is 11.3 Å². The average Bonchev–Trinajstić information content (AvgIpc) is 3.10. The second kappa shape index (κ2) is 8.95. The molecule has 1 fully saturated rings. The number of nitrogens with zero attached hydrogens (tertiary/aromatic N) is 2. The predicted octanol–water partition coefficient (Wildman–Crippen LogP) is 1.39. The van der Waals surface area contributed by atoms with Crippen molar-refractivity contribution >= 4 is 38.5 Å². The van der Waals surface area contributed by atoms with E-state index < -0.39 is 11.8 Å². The first-order valence-electron chi connectivity index (χ1n) is 8.83. The standard InChI is InChI=1S/C18H24N4O3S/c1-25-11-8-19-16(23)17(24)20-12-13-6-9-22(10-7-13)18-21-14-4-2-3-5-15(14)26-18/h2-5,13H,6-12H2,1H3,(H,19,23)(H,20,24). The van der Waals surface area contributed by atoms with E-state index in [1.807, 2.05) is 18.2 Å². The monoisotopic (exact) mass is 376 g/mol. The molecular weight excluding hydrogens is 352 g/mol. The Kier molecular flexibility index (Phi) is 6.40. The third-order valence-corrected chi connectivity index (χ3v) is 5.61. The summed E-state index contributed by atoms with van der Waals surface area (Å²) in [5, 5.41) is 6.31. The fourth-order valence-corrected chi connectivity index (χ4v) is 4.01. The molecule has 0 bridgehead atoms. The Hall–Kier alpha value is -2.19. The van der Waals surface area contributed by atoms with Crippen molar-refractivity contribution in [1.29, 1.82) is 0 Å². The summed E-state index contributed by atoms with van der Waals surface area (Å²) in [6.45, 7) is 3.09. The van der Waals surface area contributed by atoms with Gasteiger partial charge in [0.25, 0.3) is 0 Å². The van der Waals surface area contributed by atoms with Crippen LogP contribution in [0, 0.1) is 5.92 Å². The number of nitrogens with one attached hydrogen (secondary N) is 2. The van der Waals surface area contributed by atoms with Crippen molar-refractivity contribution in [1.82, 2.24) is 15.6 Å². The SMILES string of the molecule is COCCNC(=O)C(=O)NCC1CCN(c2nc3ccccc3s2)CC1. The van der Waals surface area contributed by atoms with E-state index in [9.17, 15) is 9.59 Å². The molecule has 7 nitrogen and oxygen atoms in total. The van der Waals surface area contributed by atoms with Crippen LogP contribution in [0.15, 0.2) is 24.3 Å². The molecule has 2 N–H and O–H groups in total. The summed E-state index contributed by atoms with van der Waals surface area (Å²) in [4.78, 5) is 30.4. The van der Waals surface area contributed by atoms with Crippen LogP contribution in [-0.4, -0.2) is 56.7 Å². The summed E-state index contributed by atoms with van der Waals surface area (Å²) in [6, 6.07) is 8.17. The molecule has 0 saturated carbocycles. The van der Waals surface area contributed by atoms with E-state index >= 15 is 0 Å². The molecule has 1 aromatic carbocycles. The maximum atomic E-state index is 11.8. The Morgan fingerprint density at radius 1 is 1.23 bits per heavy atom. The highest BCUT2D eigenvalue weighted by molar-refractivity contribution is 7.22. The lowest BCUT2D eigenvalue weighted by atomic mass is 9.97. The van der Waals surface area contributed by atoms with Crippen molar-refractivity contribution in [2.24, 2.45) is 5.92 Å². The van der Waals surface area contributed by atoms with E-state index in [4.69, 9.17) is 9.72 Å². The van der Waals surface area contributed by atoms with Crippen molar-refractivity contribution in [3.05, 3.63) is 24.3 Å². The molecule has 0 atom stereocenters. The number of anilines is 1. The lowest BCUT2D eigenvalue weighted by Gasteiger charge is -2.31. The number of piperidine rings is 1. The minimum atomic E-state index is -0.603. The molecule has 2 heterocycles. The molecule has 2 amide bonds. The van der Waals surface area contributed by atoms with Crippen LogP contribution in [0.25, 0.3) is 10.2 Å². The van der Waals surface area contributed by atoms with Gasteiger partial charge in [-0.15, -0.1) is 0 Å². The number of hydrogen-bond acceptors (Lipinski definition) is 6. The lowest BCUT2D eigenvalue weighted by molar-refractivity contribution is -0.139. The van der Waals surface area contributed by atoms with Crippen LogP contribution in [0.5, 0.6) is 0 Å². The zero-order valence-electron chi connectivity index (χ0n) is 14.9. The van der Waals surface area contributed by atoms with Gasteiger partial charge in [0, 0.05) is 33.3 Å². The van der Waals surface area contributed by atoms with Crippen molar-refractivity contribution < 1.29 is 14.3 Å². The first-order valence-corrected chi connectivity index (χ1v) is 9.64. The molecule has 8 heteroatoms. The van der Waals surface area contributed by atoms with Crippen molar-refractivity contribution in [3.8, 4) is 0 Å². The van der Waals surface area contributed by atoms with Crippen molar-refractivity contribution in [2.75, 3.05) is 44.8 Å². The van der Waals surface area contributed by atoms with Gasteiger partial charge >= 0.3 is 11.8 Å². The molecule has 2 aromatic rings. The maximum Gasteiger partial charge on any atom is 0.309 e. The summed E-state index contributed by atoms with van der Waals surface area (Å²) in [7, 11) is 1.55. The Balaban J connectivity index is 1.42. The van der Waals surface area contributed by atoms with Gasteiger partial charge in [-0.2, -0.15) is 0 Å². The Bertz CT molecular complexity index is 723. The van der Waals surface area contributed by atoms with Crippen LogP contribution in [0.4, 0.5) is 5.13 Å². The van der Waals surface area contributed by atoms with Crippen LogP contribution in [0.3, 0.4) is 0 Å². The second-order valence-electron chi connectivity index (χ2n) is 6.35. The largest absolute Gasteiger partial charge is 0.383 e. The van der Waals surface area contributed by atoms with E-state index in [-0.39, 0.29) is 0 Å². The summed E-state index contributed by atoms with van der Waals surface area (Å²) in [5.74, 6) is -0.792. The number of aromatic nitrogens is 1.